The summed E-state index contributed by atoms with van der Waals surface area (Å²) in [5.74, 6) is -0.378. The first-order chi connectivity index (χ1) is 5.24. The molecule has 0 fully saturated rings. The second-order valence-corrected chi connectivity index (χ2v) is 2.49. The van der Waals surface area contributed by atoms with Crippen LogP contribution in [0, 0.1) is 5.92 Å². The van der Waals surface area contributed by atoms with E-state index in [2.05, 4.69) is 4.74 Å². The number of hydrogen-bond donors (Lipinski definition) is 0. The molecule has 1 aliphatic carbocycles. The average molecular weight is 154 g/mol. The van der Waals surface area contributed by atoms with Crippen LogP contribution < -0.4 is 0 Å². The quantitative estimate of drug-likeness (QED) is 0.522. The zero-order chi connectivity index (χ0) is 8.27. The van der Waals surface area contributed by atoms with E-state index in [1.807, 2.05) is 0 Å². The van der Waals surface area contributed by atoms with E-state index in [0.29, 0.717) is 12.8 Å². The van der Waals surface area contributed by atoms with Crippen molar-refractivity contribution in [1.29, 1.82) is 0 Å². The highest BCUT2D eigenvalue weighted by atomic mass is 16.5. The van der Waals surface area contributed by atoms with E-state index in [9.17, 15) is 9.59 Å². The minimum atomic E-state index is -0.256. The second-order valence-electron chi connectivity index (χ2n) is 2.49. The van der Waals surface area contributed by atoms with Gasteiger partial charge in [-0.25, -0.2) is 0 Å². The van der Waals surface area contributed by atoms with Crippen LogP contribution in [-0.4, -0.2) is 18.9 Å². The molecular formula is C8H10O3. The molecule has 0 amide bonds. The Morgan fingerprint density at radius 3 is 2.91 bits per heavy atom. The van der Waals surface area contributed by atoms with Crippen molar-refractivity contribution in [2.24, 2.45) is 5.92 Å². The van der Waals surface area contributed by atoms with Gasteiger partial charge in [-0.15, -0.1) is 0 Å². The number of hydrogen-bond acceptors (Lipinski definition) is 3. The monoisotopic (exact) mass is 154 g/mol. The maximum absolute atomic E-state index is 10.9. The number of carbonyl (C=O) groups excluding carboxylic acids is 2. The maximum Gasteiger partial charge on any atom is 0.312 e. The van der Waals surface area contributed by atoms with Crippen LogP contribution >= 0.6 is 0 Å². The zero-order valence-corrected chi connectivity index (χ0v) is 6.37. The molecule has 0 heterocycles. The Labute approximate surface area is 65.0 Å². The molecule has 0 aromatic rings. The molecule has 0 aromatic carbocycles. The highest BCUT2D eigenvalue weighted by molar-refractivity contribution is 5.92. The summed E-state index contributed by atoms with van der Waals surface area (Å²) in [7, 11) is 1.35. The number of esters is 1. The average Bonchev–Trinajstić information content (AvgIpc) is 2.05. The maximum atomic E-state index is 10.9. The van der Waals surface area contributed by atoms with Crippen LogP contribution in [0.3, 0.4) is 0 Å². The van der Waals surface area contributed by atoms with Crippen molar-refractivity contribution in [3.05, 3.63) is 12.2 Å². The molecule has 0 bridgehead atoms. The van der Waals surface area contributed by atoms with Gasteiger partial charge >= 0.3 is 5.97 Å². The number of methoxy groups -OCH3 is 1. The van der Waals surface area contributed by atoms with Crippen molar-refractivity contribution in [2.45, 2.75) is 12.8 Å². The van der Waals surface area contributed by atoms with E-state index in [1.165, 1.54) is 13.2 Å². The molecule has 3 nitrogen and oxygen atoms in total. The number of allylic oxidation sites excluding steroid dienone is 1. The van der Waals surface area contributed by atoms with E-state index in [1.54, 1.807) is 6.08 Å². The van der Waals surface area contributed by atoms with Crippen molar-refractivity contribution in [3.63, 3.8) is 0 Å². The number of carbonyl (C=O) groups is 2. The Morgan fingerprint density at radius 2 is 2.45 bits per heavy atom. The minimum Gasteiger partial charge on any atom is -0.469 e. The van der Waals surface area contributed by atoms with E-state index in [-0.39, 0.29) is 17.7 Å². The number of ketones is 1. The highest BCUT2D eigenvalue weighted by Gasteiger charge is 2.20. The number of ether oxygens (including phenoxy) is 1. The first kappa shape index (κ1) is 7.98. The molecule has 0 saturated carbocycles. The molecule has 0 aromatic heterocycles. The van der Waals surface area contributed by atoms with Gasteiger partial charge in [-0.3, -0.25) is 9.59 Å². The summed E-state index contributed by atoms with van der Waals surface area (Å²) >= 11 is 0. The molecule has 3 heteroatoms. The SMILES string of the molecule is COC(=O)C1C=CC(=O)CC1. The predicted molar refractivity (Wildman–Crippen MR) is 38.9 cm³/mol. The minimum absolute atomic E-state index is 0.0881. The van der Waals surface area contributed by atoms with Gasteiger partial charge in [0.05, 0.1) is 13.0 Å². The van der Waals surface area contributed by atoms with Crippen molar-refractivity contribution >= 4 is 11.8 Å². The third kappa shape index (κ3) is 1.90. The van der Waals surface area contributed by atoms with Gasteiger partial charge in [0.1, 0.15) is 0 Å². The van der Waals surface area contributed by atoms with Gasteiger partial charge in [-0.05, 0) is 12.5 Å². The van der Waals surface area contributed by atoms with Crippen molar-refractivity contribution in [2.75, 3.05) is 7.11 Å². The molecule has 0 spiro atoms. The largest absolute Gasteiger partial charge is 0.469 e. The summed E-state index contributed by atoms with van der Waals surface area (Å²) in [6.45, 7) is 0. The lowest BCUT2D eigenvalue weighted by Gasteiger charge is -2.12. The summed E-state index contributed by atoms with van der Waals surface area (Å²) in [5, 5.41) is 0. The topological polar surface area (TPSA) is 43.4 Å². The summed E-state index contributed by atoms with van der Waals surface area (Å²) in [5.41, 5.74) is 0. The molecule has 0 saturated heterocycles. The van der Waals surface area contributed by atoms with E-state index in [4.69, 9.17) is 0 Å². The Morgan fingerprint density at radius 1 is 1.73 bits per heavy atom. The number of rotatable bonds is 1. The smallest absolute Gasteiger partial charge is 0.312 e. The van der Waals surface area contributed by atoms with Gasteiger partial charge < -0.3 is 4.74 Å². The summed E-state index contributed by atoms with van der Waals surface area (Å²) in [6.07, 6.45) is 4.10. The normalized spacial score (nSPS) is 23.4. The first-order valence-electron chi connectivity index (χ1n) is 3.53. The first-order valence-corrected chi connectivity index (χ1v) is 3.53. The summed E-state index contributed by atoms with van der Waals surface area (Å²) in [6, 6.07) is 0. The van der Waals surface area contributed by atoms with Crippen molar-refractivity contribution in [1.82, 2.24) is 0 Å². The fourth-order valence-corrected chi connectivity index (χ4v) is 1.05. The predicted octanol–water partition coefficient (Wildman–Crippen LogP) is 0.695. The van der Waals surface area contributed by atoms with Gasteiger partial charge in [0, 0.05) is 6.42 Å². The van der Waals surface area contributed by atoms with E-state index in [0.717, 1.165) is 0 Å². The van der Waals surface area contributed by atoms with Crippen molar-refractivity contribution < 1.29 is 14.3 Å². The van der Waals surface area contributed by atoms with Gasteiger partial charge in [0.25, 0.3) is 0 Å². The molecule has 0 radical (unpaired) electrons. The molecule has 0 aliphatic heterocycles. The van der Waals surface area contributed by atoms with E-state index < -0.39 is 0 Å². The standard InChI is InChI=1S/C8H10O3/c1-11-8(10)6-2-4-7(9)5-3-6/h2,4,6H,3,5H2,1H3. The highest BCUT2D eigenvalue weighted by Crippen LogP contribution is 2.15. The van der Waals surface area contributed by atoms with Crippen molar-refractivity contribution in [3.8, 4) is 0 Å². The Balaban J connectivity index is 2.57. The van der Waals surface area contributed by atoms with Gasteiger partial charge in [-0.2, -0.15) is 0 Å². The molecule has 1 unspecified atom stereocenters. The molecule has 60 valence electrons. The van der Waals surface area contributed by atoms with E-state index >= 15 is 0 Å². The van der Waals surface area contributed by atoms with Crippen LogP contribution in [0.25, 0.3) is 0 Å². The van der Waals surface area contributed by atoms with Crippen LogP contribution in [-0.2, 0) is 14.3 Å². The Bertz CT molecular complexity index is 205. The third-order valence-electron chi connectivity index (χ3n) is 1.72. The third-order valence-corrected chi connectivity index (χ3v) is 1.72. The van der Waals surface area contributed by atoms with Crippen LogP contribution in [0.1, 0.15) is 12.8 Å². The zero-order valence-electron chi connectivity index (χ0n) is 6.37. The molecular weight excluding hydrogens is 144 g/mol. The lowest BCUT2D eigenvalue weighted by molar-refractivity contribution is -0.144. The van der Waals surface area contributed by atoms with Crippen LogP contribution in [0.15, 0.2) is 12.2 Å². The molecule has 1 atom stereocenters. The lowest BCUT2D eigenvalue weighted by Crippen LogP contribution is -2.18. The summed E-state index contributed by atoms with van der Waals surface area (Å²) < 4.78 is 4.52. The van der Waals surface area contributed by atoms with Crippen LogP contribution in [0.5, 0.6) is 0 Å². The van der Waals surface area contributed by atoms with Gasteiger partial charge in [-0.1, -0.05) is 6.08 Å². The van der Waals surface area contributed by atoms with Crippen LogP contribution in [0.4, 0.5) is 0 Å². The fraction of sp³-hybridized carbons (Fsp3) is 0.500. The molecule has 1 rings (SSSR count). The summed E-state index contributed by atoms with van der Waals surface area (Å²) in [4.78, 5) is 21.6. The molecule has 11 heavy (non-hydrogen) atoms. The van der Waals surface area contributed by atoms with Gasteiger partial charge in [0.15, 0.2) is 5.78 Å². The Hall–Kier alpha value is -1.12. The fourth-order valence-electron chi connectivity index (χ4n) is 1.05. The Kier molecular flexibility index (Phi) is 2.41. The van der Waals surface area contributed by atoms with Gasteiger partial charge in [0.2, 0.25) is 0 Å². The van der Waals surface area contributed by atoms with Crippen LogP contribution in [0.2, 0.25) is 0 Å². The second kappa shape index (κ2) is 3.32. The molecule has 0 N–H and O–H groups in total. The lowest BCUT2D eigenvalue weighted by atomic mass is 9.95. The molecule has 1 aliphatic rings.